The summed E-state index contributed by atoms with van der Waals surface area (Å²) in [5.74, 6) is -1.74. The van der Waals surface area contributed by atoms with Gasteiger partial charge in [-0.05, 0) is 45.6 Å². The van der Waals surface area contributed by atoms with Crippen molar-refractivity contribution in [2.75, 3.05) is 6.54 Å². The van der Waals surface area contributed by atoms with Crippen molar-refractivity contribution in [2.24, 2.45) is 5.11 Å². The molecule has 0 bridgehead atoms. The Balaban J connectivity index is 2.83. The number of nitrogens with zero attached hydrogens (tertiary/aromatic N) is 3. The maximum Gasteiger partial charge on any atom is 0.140 e. The summed E-state index contributed by atoms with van der Waals surface area (Å²) < 4.78 is 26.1. The van der Waals surface area contributed by atoms with E-state index in [0.717, 1.165) is 12.1 Å². The third kappa shape index (κ3) is 3.64. The van der Waals surface area contributed by atoms with Gasteiger partial charge < -0.3 is 10.2 Å². The number of benzene rings is 1. The Labute approximate surface area is 110 Å². The highest BCUT2D eigenvalue weighted by Crippen LogP contribution is 2.26. The lowest BCUT2D eigenvalue weighted by Gasteiger charge is -2.17. The molecule has 0 aliphatic carbocycles. The fraction of sp³-hybridized carbons (Fsp3) is 0.400. The molecule has 2 atom stereocenters. The third-order valence-electron chi connectivity index (χ3n) is 2.30. The van der Waals surface area contributed by atoms with Crippen LogP contribution < -0.4 is 0 Å². The first-order valence-electron chi connectivity index (χ1n) is 4.98. The van der Waals surface area contributed by atoms with Gasteiger partial charge in [0.25, 0.3) is 0 Å². The molecule has 1 aromatic rings. The van der Waals surface area contributed by atoms with Gasteiger partial charge in [-0.3, -0.25) is 0 Å². The van der Waals surface area contributed by atoms with E-state index in [1.807, 2.05) is 0 Å². The maximum absolute atomic E-state index is 13.2. The Kier molecular flexibility index (Phi) is 5.49. The highest BCUT2D eigenvalue weighted by Gasteiger charge is 2.20. The molecular formula is C10H10BrF2N3O2. The number of rotatable bonds is 5. The first-order chi connectivity index (χ1) is 8.47. The molecule has 18 heavy (non-hydrogen) atoms. The van der Waals surface area contributed by atoms with Crippen molar-refractivity contribution in [3.05, 3.63) is 44.2 Å². The number of hydrogen-bond acceptors (Lipinski definition) is 3. The van der Waals surface area contributed by atoms with Crippen LogP contribution in [0.2, 0.25) is 0 Å². The predicted octanol–water partition coefficient (Wildman–Crippen LogP) is 2.82. The Morgan fingerprint density at radius 2 is 1.89 bits per heavy atom. The third-order valence-corrected chi connectivity index (χ3v) is 3.06. The zero-order chi connectivity index (χ0) is 13.7. The summed E-state index contributed by atoms with van der Waals surface area (Å²) in [4.78, 5) is 2.49. The molecule has 0 fully saturated rings. The lowest BCUT2D eigenvalue weighted by molar-refractivity contribution is 0.0147. The average Bonchev–Trinajstić information content (AvgIpc) is 2.34. The van der Waals surface area contributed by atoms with Gasteiger partial charge in [0, 0.05) is 11.5 Å². The van der Waals surface area contributed by atoms with Gasteiger partial charge in [0.2, 0.25) is 0 Å². The molecule has 5 nitrogen and oxygen atoms in total. The van der Waals surface area contributed by atoms with Crippen LogP contribution in [-0.2, 0) is 0 Å². The highest BCUT2D eigenvalue weighted by molar-refractivity contribution is 9.10. The molecule has 0 aliphatic rings. The fourth-order valence-corrected chi connectivity index (χ4v) is 1.59. The Bertz CT molecular complexity index is 457. The predicted molar refractivity (Wildman–Crippen MR) is 63.7 cm³/mol. The molecule has 98 valence electrons. The largest absolute Gasteiger partial charge is 0.390 e. The van der Waals surface area contributed by atoms with E-state index < -0.39 is 23.8 Å². The van der Waals surface area contributed by atoms with Gasteiger partial charge in [0.05, 0.1) is 10.6 Å². The van der Waals surface area contributed by atoms with E-state index in [0.29, 0.717) is 0 Å². The quantitative estimate of drug-likeness (QED) is 0.378. The van der Waals surface area contributed by atoms with E-state index >= 15 is 0 Å². The number of hydrogen-bond donors (Lipinski definition) is 2. The van der Waals surface area contributed by atoms with Crippen molar-refractivity contribution in [3.8, 4) is 0 Å². The van der Waals surface area contributed by atoms with Gasteiger partial charge in [-0.2, -0.15) is 0 Å². The van der Waals surface area contributed by atoms with Crippen LogP contribution in [0.4, 0.5) is 8.78 Å². The van der Waals surface area contributed by atoms with Crippen molar-refractivity contribution < 1.29 is 19.0 Å². The highest BCUT2D eigenvalue weighted by atomic mass is 79.9. The van der Waals surface area contributed by atoms with Crippen LogP contribution in [0.3, 0.4) is 0 Å². The van der Waals surface area contributed by atoms with Crippen molar-refractivity contribution in [1.82, 2.24) is 0 Å². The molecule has 0 spiro atoms. The zero-order valence-corrected chi connectivity index (χ0v) is 10.7. The summed E-state index contributed by atoms with van der Waals surface area (Å²) in [6.07, 6.45) is -2.73. The summed E-state index contributed by atoms with van der Waals surface area (Å²) in [7, 11) is 0. The Hall–Kier alpha value is -1.21. The van der Waals surface area contributed by atoms with E-state index in [1.165, 1.54) is 0 Å². The van der Waals surface area contributed by atoms with Crippen LogP contribution in [0.1, 0.15) is 18.1 Å². The molecule has 0 heterocycles. The van der Waals surface area contributed by atoms with E-state index in [2.05, 4.69) is 26.0 Å². The van der Waals surface area contributed by atoms with Gasteiger partial charge in [-0.25, -0.2) is 8.78 Å². The minimum Gasteiger partial charge on any atom is -0.390 e. The lowest BCUT2D eigenvalue weighted by Crippen LogP contribution is -2.19. The van der Waals surface area contributed by atoms with Crippen LogP contribution in [0.5, 0.6) is 0 Å². The minimum atomic E-state index is -1.45. The molecule has 1 rings (SSSR count). The molecule has 1 aromatic carbocycles. The first-order valence-corrected chi connectivity index (χ1v) is 5.78. The topological polar surface area (TPSA) is 89.2 Å². The van der Waals surface area contributed by atoms with Crippen molar-refractivity contribution in [3.63, 3.8) is 0 Å². The normalized spacial score (nSPS) is 13.8. The average molecular weight is 322 g/mol. The second-order valence-corrected chi connectivity index (χ2v) is 4.35. The molecular weight excluding hydrogens is 312 g/mol. The second kappa shape index (κ2) is 6.65. The van der Waals surface area contributed by atoms with Gasteiger partial charge in [0.15, 0.2) is 0 Å². The summed E-state index contributed by atoms with van der Waals surface area (Å²) in [5.41, 5.74) is 7.97. The maximum atomic E-state index is 13.2. The van der Waals surface area contributed by atoms with Crippen LogP contribution in [-0.4, -0.2) is 22.9 Å². The number of aliphatic hydroxyl groups is 2. The molecule has 8 heteroatoms. The number of azide groups is 1. The minimum absolute atomic E-state index is 0.00940. The van der Waals surface area contributed by atoms with E-state index in [4.69, 9.17) is 5.53 Å². The zero-order valence-electron chi connectivity index (χ0n) is 9.09. The molecule has 0 radical (unpaired) electrons. The summed E-state index contributed by atoms with van der Waals surface area (Å²) in [6, 6.07) is 1.85. The molecule has 0 saturated carbocycles. The lowest BCUT2D eigenvalue weighted by atomic mass is 10.0. The fourth-order valence-electron chi connectivity index (χ4n) is 1.36. The van der Waals surface area contributed by atoms with E-state index in [-0.39, 0.29) is 23.0 Å². The summed E-state index contributed by atoms with van der Waals surface area (Å²) in [6.45, 7) is -0.0176. The van der Waals surface area contributed by atoms with Crippen LogP contribution in [0, 0.1) is 11.6 Å². The van der Waals surface area contributed by atoms with Gasteiger partial charge >= 0.3 is 0 Å². The van der Waals surface area contributed by atoms with Crippen LogP contribution >= 0.6 is 15.9 Å². The first kappa shape index (κ1) is 14.8. The van der Waals surface area contributed by atoms with E-state index in [9.17, 15) is 19.0 Å². The van der Waals surface area contributed by atoms with Gasteiger partial charge in [0.1, 0.15) is 17.7 Å². The Morgan fingerprint density at radius 1 is 1.33 bits per heavy atom. The molecule has 0 amide bonds. The molecule has 2 unspecified atom stereocenters. The monoisotopic (exact) mass is 321 g/mol. The van der Waals surface area contributed by atoms with Gasteiger partial charge in [-0.15, -0.1) is 0 Å². The SMILES string of the molecule is [N-]=[N+]=NCCC(O)C(O)c1cc(F)c(Br)c(F)c1. The van der Waals surface area contributed by atoms with E-state index in [1.54, 1.807) is 0 Å². The van der Waals surface area contributed by atoms with Crippen molar-refractivity contribution in [2.45, 2.75) is 18.6 Å². The van der Waals surface area contributed by atoms with Crippen LogP contribution in [0.25, 0.3) is 10.4 Å². The van der Waals surface area contributed by atoms with Crippen molar-refractivity contribution >= 4 is 15.9 Å². The molecule has 0 aliphatic heterocycles. The molecule has 0 aromatic heterocycles. The smallest absolute Gasteiger partial charge is 0.140 e. The summed E-state index contributed by atoms with van der Waals surface area (Å²) in [5, 5.41) is 22.4. The number of halogens is 3. The van der Waals surface area contributed by atoms with Crippen molar-refractivity contribution in [1.29, 1.82) is 0 Å². The van der Waals surface area contributed by atoms with Gasteiger partial charge in [-0.1, -0.05) is 5.11 Å². The van der Waals surface area contributed by atoms with Crippen LogP contribution in [0.15, 0.2) is 21.7 Å². The molecule has 2 N–H and O–H groups in total. The second-order valence-electron chi connectivity index (χ2n) is 3.55. The molecule has 0 saturated heterocycles. The summed E-state index contributed by atoms with van der Waals surface area (Å²) >= 11 is 2.70. The number of aliphatic hydroxyl groups excluding tert-OH is 2. The Morgan fingerprint density at radius 3 is 2.39 bits per heavy atom. The standard InChI is InChI=1S/C10H10BrF2N3O2/c11-9-6(12)3-5(4-7(9)13)10(18)8(17)1-2-15-16-14/h3-4,8,10,17-18H,1-2H2.